The lowest BCUT2D eigenvalue weighted by atomic mass is 10.1. The molecule has 5 nitrogen and oxygen atoms in total. The number of benzene rings is 2. The van der Waals surface area contributed by atoms with E-state index in [0.717, 1.165) is 18.8 Å². The summed E-state index contributed by atoms with van der Waals surface area (Å²) in [7, 11) is 1.33. The van der Waals surface area contributed by atoms with Crippen molar-refractivity contribution >= 4 is 23.3 Å². The third kappa shape index (κ3) is 4.18. The Balaban J connectivity index is 1.63. The minimum absolute atomic E-state index is 0.206. The number of amides is 1. The number of piperidine rings is 1. The normalized spacial score (nSPS) is 14.0. The molecule has 3 rings (SSSR count). The fraction of sp³-hybridized carbons (Fsp3) is 0.300. The molecule has 0 atom stereocenters. The van der Waals surface area contributed by atoms with Gasteiger partial charge in [-0.2, -0.15) is 0 Å². The van der Waals surface area contributed by atoms with E-state index in [2.05, 4.69) is 15.0 Å². The third-order valence-electron chi connectivity index (χ3n) is 4.41. The number of methoxy groups -OCH3 is 1. The Kier molecular flexibility index (Phi) is 5.33. The fourth-order valence-electron chi connectivity index (χ4n) is 2.99. The van der Waals surface area contributed by atoms with Gasteiger partial charge < -0.3 is 15.0 Å². The molecule has 0 unspecified atom stereocenters. The van der Waals surface area contributed by atoms with Crippen molar-refractivity contribution in [1.29, 1.82) is 0 Å². The number of rotatable bonds is 4. The van der Waals surface area contributed by atoms with Gasteiger partial charge in [0.25, 0.3) is 5.91 Å². The number of hydrogen-bond acceptors (Lipinski definition) is 4. The summed E-state index contributed by atoms with van der Waals surface area (Å²) in [6.45, 7) is 2.19. The van der Waals surface area contributed by atoms with Crippen LogP contribution in [0.5, 0.6) is 0 Å². The quantitative estimate of drug-likeness (QED) is 0.863. The van der Waals surface area contributed by atoms with E-state index in [1.807, 2.05) is 24.3 Å². The number of ether oxygens (including phenoxy) is 1. The summed E-state index contributed by atoms with van der Waals surface area (Å²) >= 11 is 0. The van der Waals surface area contributed by atoms with Gasteiger partial charge in [0.15, 0.2) is 0 Å². The van der Waals surface area contributed by atoms with E-state index in [1.54, 1.807) is 24.3 Å². The molecule has 130 valence electrons. The van der Waals surface area contributed by atoms with Crippen LogP contribution in [-0.2, 0) is 4.74 Å². The summed E-state index contributed by atoms with van der Waals surface area (Å²) in [6, 6.07) is 14.3. The van der Waals surface area contributed by atoms with Crippen molar-refractivity contribution < 1.29 is 14.3 Å². The second kappa shape index (κ2) is 7.83. The van der Waals surface area contributed by atoms with E-state index in [9.17, 15) is 9.59 Å². The molecule has 1 saturated heterocycles. The topological polar surface area (TPSA) is 58.6 Å². The molecule has 1 fully saturated rings. The molecule has 2 aromatic carbocycles. The van der Waals surface area contributed by atoms with Crippen molar-refractivity contribution in [2.45, 2.75) is 19.3 Å². The van der Waals surface area contributed by atoms with Gasteiger partial charge in [-0.25, -0.2) is 4.79 Å². The zero-order chi connectivity index (χ0) is 17.6. The number of carbonyl (C=O) groups excluding carboxylic acids is 2. The Bertz CT molecular complexity index is 733. The Morgan fingerprint density at radius 1 is 0.880 bits per heavy atom. The maximum atomic E-state index is 12.3. The monoisotopic (exact) mass is 338 g/mol. The second-order valence-corrected chi connectivity index (χ2v) is 6.12. The molecular formula is C20H22N2O3. The van der Waals surface area contributed by atoms with E-state index in [0.29, 0.717) is 11.1 Å². The van der Waals surface area contributed by atoms with Crippen molar-refractivity contribution in [2.24, 2.45) is 0 Å². The van der Waals surface area contributed by atoms with Gasteiger partial charge in [0.2, 0.25) is 0 Å². The molecule has 0 saturated carbocycles. The number of esters is 1. The molecule has 0 radical (unpaired) electrons. The first-order valence-corrected chi connectivity index (χ1v) is 8.52. The smallest absolute Gasteiger partial charge is 0.337 e. The maximum absolute atomic E-state index is 12.3. The van der Waals surface area contributed by atoms with Crippen LogP contribution in [0.25, 0.3) is 0 Å². The predicted octanol–water partition coefficient (Wildman–Crippen LogP) is 3.72. The number of hydrogen-bond donors (Lipinski definition) is 1. The first-order valence-electron chi connectivity index (χ1n) is 8.52. The van der Waals surface area contributed by atoms with Crippen molar-refractivity contribution in [3.63, 3.8) is 0 Å². The van der Waals surface area contributed by atoms with E-state index < -0.39 is 5.97 Å². The Labute approximate surface area is 147 Å². The van der Waals surface area contributed by atoms with E-state index in [-0.39, 0.29) is 5.91 Å². The molecule has 1 N–H and O–H groups in total. The lowest BCUT2D eigenvalue weighted by Crippen LogP contribution is -2.29. The molecule has 5 heteroatoms. The van der Waals surface area contributed by atoms with Gasteiger partial charge >= 0.3 is 5.97 Å². The molecule has 1 heterocycles. The standard InChI is InChI=1S/C20H22N2O3/c1-25-20(24)16-7-5-15(6-8-16)19(23)21-17-9-11-18(12-10-17)22-13-3-2-4-14-22/h5-12H,2-4,13-14H2,1H3,(H,21,23). The van der Waals surface area contributed by atoms with E-state index in [1.165, 1.54) is 32.1 Å². The SMILES string of the molecule is COC(=O)c1ccc(C(=O)Nc2ccc(N3CCCCC3)cc2)cc1. The van der Waals surface area contributed by atoms with Gasteiger partial charge in [-0.1, -0.05) is 0 Å². The van der Waals surface area contributed by atoms with Crippen molar-refractivity contribution in [1.82, 2.24) is 0 Å². The minimum Gasteiger partial charge on any atom is -0.465 e. The van der Waals surface area contributed by atoms with Crippen LogP contribution in [0, 0.1) is 0 Å². The van der Waals surface area contributed by atoms with Crippen LogP contribution in [0.15, 0.2) is 48.5 Å². The first-order chi connectivity index (χ1) is 12.2. The molecule has 25 heavy (non-hydrogen) atoms. The largest absolute Gasteiger partial charge is 0.465 e. The fourth-order valence-corrected chi connectivity index (χ4v) is 2.99. The highest BCUT2D eigenvalue weighted by atomic mass is 16.5. The van der Waals surface area contributed by atoms with Crippen molar-refractivity contribution in [3.05, 3.63) is 59.7 Å². The number of carbonyl (C=O) groups is 2. The van der Waals surface area contributed by atoms with Crippen LogP contribution >= 0.6 is 0 Å². The zero-order valence-corrected chi connectivity index (χ0v) is 14.3. The van der Waals surface area contributed by atoms with Crippen LogP contribution in [0.1, 0.15) is 40.0 Å². The minimum atomic E-state index is -0.416. The molecule has 0 spiro atoms. The van der Waals surface area contributed by atoms with E-state index in [4.69, 9.17) is 0 Å². The summed E-state index contributed by atoms with van der Waals surface area (Å²) < 4.78 is 4.65. The Morgan fingerprint density at radius 2 is 1.48 bits per heavy atom. The molecule has 1 aliphatic heterocycles. The van der Waals surface area contributed by atoms with Gasteiger partial charge in [-0.05, 0) is 67.8 Å². The third-order valence-corrected chi connectivity index (χ3v) is 4.41. The van der Waals surface area contributed by atoms with Crippen LogP contribution in [0.3, 0.4) is 0 Å². The molecular weight excluding hydrogens is 316 g/mol. The van der Waals surface area contributed by atoms with Gasteiger partial charge in [0.1, 0.15) is 0 Å². The van der Waals surface area contributed by atoms with Crippen LogP contribution < -0.4 is 10.2 Å². The van der Waals surface area contributed by atoms with Crippen molar-refractivity contribution in [3.8, 4) is 0 Å². The van der Waals surface area contributed by atoms with Gasteiger partial charge in [0.05, 0.1) is 12.7 Å². The average molecular weight is 338 g/mol. The number of nitrogens with zero attached hydrogens (tertiary/aromatic N) is 1. The molecule has 2 aromatic rings. The highest BCUT2D eigenvalue weighted by Crippen LogP contribution is 2.22. The average Bonchev–Trinajstić information content (AvgIpc) is 2.68. The van der Waals surface area contributed by atoms with Crippen LogP contribution in [0.4, 0.5) is 11.4 Å². The van der Waals surface area contributed by atoms with Gasteiger partial charge in [-0.15, -0.1) is 0 Å². The summed E-state index contributed by atoms with van der Waals surface area (Å²) in [5.74, 6) is -0.623. The van der Waals surface area contributed by atoms with Crippen molar-refractivity contribution in [2.75, 3.05) is 30.4 Å². The predicted molar refractivity (Wildman–Crippen MR) is 98.2 cm³/mol. The highest BCUT2D eigenvalue weighted by Gasteiger charge is 2.12. The molecule has 0 bridgehead atoms. The van der Waals surface area contributed by atoms with Gasteiger partial charge in [-0.3, -0.25) is 4.79 Å². The maximum Gasteiger partial charge on any atom is 0.337 e. The zero-order valence-electron chi connectivity index (χ0n) is 14.3. The molecule has 0 aliphatic carbocycles. The first kappa shape index (κ1) is 17.0. The Morgan fingerprint density at radius 3 is 2.08 bits per heavy atom. The molecule has 1 aliphatic rings. The summed E-state index contributed by atoms with van der Waals surface area (Å²) in [6.07, 6.45) is 3.78. The van der Waals surface area contributed by atoms with Crippen LogP contribution in [-0.4, -0.2) is 32.1 Å². The summed E-state index contributed by atoms with van der Waals surface area (Å²) in [5.41, 5.74) is 2.86. The lowest BCUT2D eigenvalue weighted by molar-refractivity contribution is 0.0600. The lowest BCUT2D eigenvalue weighted by Gasteiger charge is -2.28. The number of anilines is 2. The number of nitrogens with one attached hydrogen (secondary N) is 1. The highest BCUT2D eigenvalue weighted by molar-refractivity contribution is 6.04. The van der Waals surface area contributed by atoms with Gasteiger partial charge in [0, 0.05) is 30.0 Å². The van der Waals surface area contributed by atoms with E-state index >= 15 is 0 Å². The Hall–Kier alpha value is -2.82. The summed E-state index contributed by atoms with van der Waals surface area (Å²) in [4.78, 5) is 26.1. The second-order valence-electron chi connectivity index (χ2n) is 6.12. The van der Waals surface area contributed by atoms with Crippen LogP contribution in [0.2, 0.25) is 0 Å². The molecule has 1 amide bonds. The molecule has 0 aromatic heterocycles. The summed E-state index contributed by atoms with van der Waals surface area (Å²) in [5, 5.41) is 2.88.